The van der Waals surface area contributed by atoms with Gasteiger partial charge in [-0.05, 0) is 43.3 Å². The highest BCUT2D eigenvalue weighted by Crippen LogP contribution is 2.35. The first-order valence-electron chi connectivity index (χ1n) is 6.47. The second-order valence-corrected chi connectivity index (χ2v) is 5.24. The number of hydrogen-bond acceptors (Lipinski definition) is 0. The molecule has 0 fully saturated rings. The van der Waals surface area contributed by atoms with Gasteiger partial charge < -0.3 is 9.55 Å². The van der Waals surface area contributed by atoms with Crippen molar-refractivity contribution >= 4 is 44.3 Å². The van der Waals surface area contributed by atoms with Gasteiger partial charge in [0.05, 0.1) is 0 Å². The van der Waals surface area contributed by atoms with Gasteiger partial charge in [0.25, 0.3) is 0 Å². The zero-order chi connectivity index (χ0) is 13.0. The first kappa shape index (κ1) is 10.9. The fourth-order valence-corrected chi connectivity index (χ4v) is 3.22. The molecule has 94 valence electrons. The van der Waals surface area contributed by atoms with E-state index in [0.29, 0.717) is 0 Å². The lowest BCUT2D eigenvalue weighted by Gasteiger charge is -2.02. The third kappa shape index (κ3) is 1.38. The van der Waals surface area contributed by atoms with E-state index in [1.54, 1.807) is 0 Å². The highest BCUT2D eigenvalue weighted by molar-refractivity contribution is 6.32. The van der Waals surface area contributed by atoms with Gasteiger partial charge in [0.1, 0.15) is 0 Å². The van der Waals surface area contributed by atoms with Crippen LogP contribution in [0.1, 0.15) is 6.92 Å². The van der Waals surface area contributed by atoms with Gasteiger partial charge in [-0.25, -0.2) is 0 Å². The highest BCUT2D eigenvalue weighted by atomic mass is 35.5. The lowest BCUT2D eigenvalue weighted by Crippen LogP contribution is -1.92. The number of nitrogens with zero attached hydrogens (tertiary/aromatic N) is 1. The Labute approximate surface area is 115 Å². The van der Waals surface area contributed by atoms with Crippen LogP contribution in [-0.4, -0.2) is 9.55 Å². The molecule has 0 aliphatic rings. The average Bonchev–Trinajstić information content (AvgIpc) is 2.99. The summed E-state index contributed by atoms with van der Waals surface area (Å²) in [5.41, 5.74) is 3.69. The average molecular weight is 269 g/mol. The number of aromatic nitrogens is 2. The molecule has 19 heavy (non-hydrogen) atoms. The van der Waals surface area contributed by atoms with Crippen molar-refractivity contribution in [1.82, 2.24) is 9.55 Å². The summed E-state index contributed by atoms with van der Waals surface area (Å²) in [6, 6.07) is 12.6. The van der Waals surface area contributed by atoms with Gasteiger partial charge in [-0.3, -0.25) is 0 Å². The van der Waals surface area contributed by atoms with Gasteiger partial charge in [0.2, 0.25) is 0 Å². The van der Waals surface area contributed by atoms with Gasteiger partial charge in [-0.15, -0.1) is 0 Å². The van der Waals surface area contributed by atoms with E-state index in [2.05, 4.69) is 46.8 Å². The maximum Gasteiger partial charge on any atom is 0.0498 e. The second kappa shape index (κ2) is 3.78. The molecule has 2 aromatic heterocycles. The molecule has 0 saturated carbocycles. The van der Waals surface area contributed by atoms with Crippen molar-refractivity contribution in [2.45, 2.75) is 13.5 Å². The van der Waals surface area contributed by atoms with E-state index in [0.717, 1.165) is 11.6 Å². The molecule has 1 N–H and O–H groups in total. The van der Waals surface area contributed by atoms with Crippen molar-refractivity contribution in [1.29, 1.82) is 0 Å². The SMILES string of the molecule is CCn1c2ccc(Cl)cc2c2c3cc[nH]c3ccc21. The molecule has 0 aliphatic carbocycles. The number of halogens is 1. The topological polar surface area (TPSA) is 20.7 Å². The minimum atomic E-state index is 0.787. The molecule has 0 amide bonds. The molecule has 2 nitrogen and oxygen atoms in total. The summed E-state index contributed by atoms with van der Waals surface area (Å²) in [4.78, 5) is 3.28. The summed E-state index contributed by atoms with van der Waals surface area (Å²) in [5.74, 6) is 0. The van der Waals surface area contributed by atoms with Crippen LogP contribution in [-0.2, 0) is 6.54 Å². The largest absolute Gasteiger partial charge is 0.361 e. The quantitative estimate of drug-likeness (QED) is 0.504. The molecule has 0 radical (unpaired) electrons. The number of aryl methyl sites for hydroxylation is 1. The fourth-order valence-electron chi connectivity index (χ4n) is 3.04. The third-order valence-electron chi connectivity index (χ3n) is 3.84. The lowest BCUT2D eigenvalue weighted by molar-refractivity contribution is 0.827. The molecule has 0 bridgehead atoms. The van der Waals surface area contributed by atoms with Crippen LogP contribution in [0.25, 0.3) is 32.7 Å². The van der Waals surface area contributed by atoms with Gasteiger partial charge in [0, 0.05) is 50.5 Å². The summed E-state index contributed by atoms with van der Waals surface area (Å²) < 4.78 is 2.34. The number of aromatic amines is 1. The zero-order valence-corrected chi connectivity index (χ0v) is 11.3. The van der Waals surface area contributed by atoms with Gasteiger partial charge >= 0.3 is 0 Å². The van der Waals surface area contributed by atoms with Crippen molar-refractivity contribution in [3.8, 4) is 0 Å². The molecule has 0 atom stereocenters. The van der Waals surface area contributed by atoms with Crippen LogP contribution < -0.4 is 0 Å². The van der Waals surface area contributed by atoms with Crippen LogP contribution in [0.5, 0.6) is 0 Å². The summed E-state index contributed by atoms with van der Waals surface area (Å²) in [5, 5.41) is 4.57. The van der Waals surface area contributed by atoms with E-state index < -0.39 is 0 Å². The molecule has 0 spiro atoms. The molecule has 4 aromatic rings. The van der Waals surface area contributed by atoms with E-state index in [1.165, 1.54) is 32.7 Å². The Morgan fingerprint density at radius 1 is 1.05 bits per heavy atom. The molecular formula is C16H13ClN2. The summed E-state index contributed by atoms with van der Waals surface area (Å²) in [6.45, 7) is 3.13. The lowest BCUT2D eigenvalue weighted by atomic mass is 10.1. The van der Waals surface area contributed by atoms with Crippen molar-refractivity contribution < 1.29 is 0 Å². The summed E-state index contributed by atoms with van der Waals surface area (Å²) in [7, 11) is 0. The molecule has 0 unspecified atom stereocenters. The second-order valence-electron chi connectivity index (χ2n) is 4.80. The number of fused-ring (bicyclic) bond motifs is 5. The fraction of sp³-hybridized carbons (Fsp3) is 0.125. The zero-order valence-electron chi connectivity index (χ0n) is 10.6. The van der Waals surface area contributed by atoms with Gasteiger partial charge in [-0.2, -0.15) is 0 Å². The predicted octanol–water partition coefficient (Wildman–Crippen LogP) is 4.95. The number of nitrogens with one attached hydrogen (secondary N) is 1. The number of rotatable bonds is 1. The first-order chi connectivity index (χ1) is 9.29. The van der Waals surface area contributed by atoms with E-state index >= 15 is 0 Å². The molecule has 0 aliphatic heterocycles. The predicted molar refractivity (Wildman–Crippen MR) is 82.0 cm³/mol. The molecule has 3 heteroatoms. The van der Waals surface area contributed by atoms with E-state index in [4.69, 9.17) is 11.6 Å². The number of H-pyrrole nitrogens is 1. The van der Waals surface area contributed by atoms with Crippen LogP contribution in [0.2, 0.25) is 5.02 Å². The molecule has 4 rings (SSSR count). The van der Waals surface area contributed by atoms with E-state index in [-0.39, 0.29) is 0 Å². The smallest absolute Gasteiger partial charge is 0.0498 e. The normalized spacial score (nSPS) is 11.9. The van der Waals surface area contributed by atoms with E-state index in [9.17, 15) is 0 Å². The Bertz CT molecular complexity index is 915. The van der Waals surface area contributed by atoms with Crippen LogP contribution >= 0.6 is 11.6 Å². The molecule has 2 heterocycles. The molecule has 0 saturated heterocycles. The maximum atomic E-state index is 6.18. The highest BCUT2D eigenvalue weighted by Gasteiger charge is 2.12. The summed E-state index contributed by atoms with van der Waals surface area (Å²) >= 11 is 6.18. The van der Waals surface area contributed by atoms with Crippen molar-refractivity contribution in [2.75, 3.05) is 0 Å². The minimum absolute atomic E-state index is 0.787. The molecular weight excluding hydrogens is 256 g/mol. The summed E-state index contributed by atoms with van der Waals surface area (Å²) in [6.07, 6.45) is 1.99. The monoisotopic (exact) mass is 268 g/mol. The van der Waals surface area contributed by atoms with Crippen molar-refractivity contribution in [2.24, 2.45) is 0 Å². The first-order valence-corrected chi connectivity index (χ1v) is 6.85. The van der Waals surface area contributed by atoms with Crippen LogP contribution in [0.4, 0.5) is 0 Å². The van der Waals surface area contributed by atoms with Crippen LogP contribution in [0.15, 0.2) is 42.6 Å². The third-order valence-corrected chi connectivity index (χ3v) is 4.07. The van der Waals surface area contributed by atoms with Crippen LogP contribution in [0, 0.1) is 0 Å². The minimum Gasteiger partial charge on any atom is -0.361 e. The Morgan fingerprint density at radius 3 is 2.74 bits per heavy atom. The standard InChI is InChI=1S/C16H13ClN2/c1-2-19-14-5-3-10(17)9-12(14)16-11-7-8-18-13(11)4-6-15(16)19/h3-9,18H,2H2,1H3. The van der Waals surface area contributed by atoms with Gasteiger partial charge in [-0.1, -0.05) is 11.6 Å². The van der Waals surface area contributed by atoms with Crippen LogP contribution in [0.3, 0.4) is 0 Å². The van der Waals surface area contributed by atoms with Gasteiger partial charge in [0.15, 0.2) is 0 Å². The maximum absolute atomic E-state index is 6.18. The van der Waals surface area contributed by atoms with E-state index in [1.807, 2.05) is 12.3 Å². The van der Waals surface area contributed by atoms with Crippen molar-refractivity contribution in [3.63, 3.8) is 0 Å². The Morgan fingerprint density at radius 2 is 1.89 bits per heavy atom. The van der Waals surface area contributed by atoms with Crippen molar-refractivity contribution in [3.05, 3.63) is 47.6 Å². The Balaban J connectivity index is 2.37. The number of benzene rings is 2. The Hall–Kier alpha value is -1.93. The number of hydrogen-bond donors (Lipinski definition) is 1. The Kier molecular flexibility index (Phi) is 2.18. The molecule has 2 aromatic carbocycles.